The number of phenolic OH excluding ortho intramolecular Hbond substituents is 1. The zero-order chi connectivity index (χ0) is 29.8. The van der Waals surface area contributed by atoms with E-state index in [1.165, 1.54) is 18.2 Å². The number of ether oxygens (including phenoxy) is 1. The minimum atomic E-state index is -5.39. The highest BCUT2D eigenvalue weighted by molar-refractivity contribution is 5.89. The van der Waals surface area contributed by atoms with Crippen molar-refractivity contribution in [2.45, 2.75) is 31.5 Å². The van der Waals surface area contributed by atoms with E-state index < -0.39 is 48.9 Å². The minimum Gasteiger partial charge on any atom is -0.507 e. The number of pyridine rings is 1. The van der Waals surface area contributed by atoms with Gasteiger partial charge in [-0.3, -0.25) is 14.4 Å². The monoisotopic (exact) mass is 572 g/mol. The molecular formula is C28H27F3N4O6. The zero-order valence-electron chi connectivity index (χ0n) is 21.6. The van der Waals surface area contributed by atoms with E-state index >= 15 is 0 Å². The Morgan fingerprint density at radius 3 is 2.34 bits per heavy atom. The van der Waals surface area contributed by atoms with Crippen molar-refractivity contribution in [1.82, 2.24) is 15.6 Å². The molecule has 3 rings (SSSR count). The lowest BCUT2D eigenvalue weighted by atomic mass is 9.98. The number of hydrogen-bond donors (Lipinski definition) is 4. The second kappa shape index (κ2) is 14.4. The number of alkyl halides is 3. The van der Waals surface area contributed by atoms with Gasteiger partial charge in [0.15, 0.2) is 0 Å². The van der Waals surface area contributed by atoms with Crippen LogP contribution in [0.5, 0.6) is 5.75 Å². The number of anilines is 1. The molecule has 41 heavy (non-hydrogen) atoms. The number of nitrogens with one attached hydrogen (secondary N) is 3. The van der Waals surface area contributed by atoms with Crippen molar-refractivity contribution in [3.63, 3.8) is 0 Å². The van der Waals surface area contributed by atoms with Crippen LogP contribution in [-0.4, -0.2) is 53.1 Å². The largest absolute Gasteiger partial charge is 0.507 e. The van der Waals surface area contributed by atoms with Crippen LogP contribution in [0.2, 0.25) is 0 Å². The molecule has 2 amide bonds. The highest BCUT2D eigenvalue weighted by Gasteiger charge is 2.42. The number of halogens is 3. The van der Waals surface area contributed by atoms with Crippen molar-refractivity contribution in [1.29, 1.82) is 0 Å². The number of esters is 2. The molecule has 0 saturated heterocycles. The van der Waals surface area contributed by atoms with Crippen molar-refractivity contribution >= 4 is 29.6 Å². The van der Waals surface area contributed by atoms with Gasteiger partial charge in [0.2, 0.25) is 11.8 Å². The van der Waals surface area contributed by atoms with E-state index in [1.54, 1.807) is 54.7 Å². The molecule has 1 heterocycles. The fourth-order valence-corrected chi connectivity index (χ4v) is 3.69. The maximum absolute atomic E-state index is 12.6. The summed E-state index contributed by atoms with van der Waals surface area (Å²) in [6.45, 7) is -0.0342. The molecule has 0 spiro atoms. The van der Waals surface area contributed by atoms with Gasteiger partial charge in [-0.25, -0.2) is 9.78 Å². The standard InChI is InChI=1S/C28H27F3N4O6/c29-28(30,31)27(40)41-26(39)16-21(19-11-12-20(22(36)15-19)18-7-2-1-3-8-18)35-25(38)17-34-24(37)10-6-14-33-23-9-4-5-13-32-23/h1-5,7-9,11-13,15,21,36H,6,10,14,16-17H2,(H,32,33)(H,34,37)(H,35,38). The summed E-state index contributed by atoms with van der Waals surface area (Å²) in [6.07, 6.45) is -4.09. The van der Waals surface area contributed by atoms with Crippen molar-refractivity contribution in [2.24, 2.45) is 0 Å². The van der Waals surface area contributed by atoms with E-state index in [4.69, 9.17) is 0 Å². The predicted octanol–water partition coefficient (Wildman–Crippen LogP) is 3.64. The van der Waals surface area contributed by atoms with Crippen LogP contribution in [0.1, 0.15) is 30.9 Å². The van der Waals surface area contributed by atoms with E-state index in [-0.39, 0.29) is 17.7 Å². The number of nitrogens with zero attached hydrogens (tertiary/aromatic N) is 1. The van der Waals surface area contributed by atoms with Crippen molar-refractivity contribution in [3.8, 4) is 16.9 Å². The molecular weight excluding hydrogens is 545 g/mol. The summed E-state index contributed by atoms with van der Waals surface area (Å²) >= 11 is 0. The van der Waals surface area contributed by atoms with Gasteiger partial charge in [-0.15, -0.1) is 0 Å². The van der Waals surface area contributed by atoms with Gasteiger partial charge in [-0.2, -0.15) is 13.2 Å². The number of amides is 2. The van der Waals surface area contributed by atoms with Gasteiger partial charge in [0.25, 0.3) is 0 Å². The third-order valence-electron chi connectivity index (χ3n) is 5.65. The number of benzene rings is 2. The number of hydrogen-bond acceptors (Lipinski definition) is 8. The van der Waals surface area contributed by atoms with Gasteiger partial charge >= 0.3 is 18.1 Å². The van der Waals surface area contributed by atoms with Crippen LogP contribution in [-0.2, 0) is 23.9 Å². The number of carbonyl (C=O) groups is 4. The molecule has 2 aromatic carbocycles. The van der Waals surface area contributed by atoms with E-state index in [9.17, 15) is 37.5 Å². The SMILES string of the molecule is O=C(CCCNc1ccccn1)NCC(=O)NC(CC(=O)OC(=O)C(F)(F)F)c1ccc(-c2ccccc2)c(O)c1. The quantitative estimate of drug-likeness (QED) is 0.146. The highest BCUT2D eigenvalue weighted by Crippen LogP contribution is 2.32. The first-order valence-electron chi connectivity index (χ1n) is 12.4. The maximum atomic E-state index is 12.6. The van der Waals surface area contributed by atoms with Crippen LogP contribution in [0.15, 0.2) is 72.9 Å². The highest BCUT2D eigenvalue weighted by atomic mass is 19.4. The first kappa shape index (κ1) is 30.6. The van der Waals surface area contributed by atoms with Crippen LogP contribution >= 0.6 is 0 Å². The molecule has 1 unspecified atom stereocenters. The Balaban J connectivity index is 1.61. The third-order valence-corrected chi connectivity index (χ3v) is 5.65. The van der Waals surface area contributed by atoms with Crippen LogP contribution in [0.3, 0.4) is 0 Å². The smallest absolute Gasteiger partial charge is 0.491 e. The Kier molecular flexibility index (Phi) is 10.8. The molecule has 0 aliphatic carbocycles. The second-order valence-corrected chi connectivity index (χ2v) is 8.75. The van der Waals surface area contributed by atoms with Gasteiger partial charge < -0.3 is 25.8 Å². The van der Waals surface area contributed by atoms with Crippen molar-refractivity contribution in [3.05, 3.63) is 78.5 Å². The fraction of sp³-hybridized carbons (Fsp3) is 0.250. The van der Waals surface area contributed by atoms with Gasteiger partial charge in [-0.05, 0) is 35.7 Å². The summed E-state index contributed by atoms with van der Waals surface area (Å²) in [6, 6.07) is 17.0. The Morgan fingerprint density at radius 1 is 0.951 bits per heavy atom. The normalized spacial score (nSPS) is 11.7. The van der Waals surface area contributed by atoms with Crippen LogP contribution in [0.25, 0.3) is 11.1 Å². The molecule has 0 aliphatic rings. The Labute approximate surface area is 232 Å². The Hall–Kier alpha value is -4.94. The molecule has 13 heteroatoms. The molecule has 4 N–H and O–H groups in total. The summed E-state index contributed by atoms with van der Waals surface area (Å²) in [5, 5.41) is 18.5. The van der Waals surface area contributed by atoms with E-state index in [2.05, 4.69) is 25.7 Å². The van der Waals surface area contributed by atoms with E-state index in [1.807, 2.05) is 0 Å². The molecule has 0 saturated carbocycles. The lowest BCUT2D eigenvalue weighted by Gasteiger charge is -2.20. The van der Waals surface area contributed by atoms with Crippen LogP contribution in [0, 0.1) is 0 Å². The summed E-state index contributed by atoms with van der Waals surface area (Å²) in [7, 11) is 0. The number of aromatic hydroxyl groups is 1. The molecule has 1 aromatic heterocycles. The first-order chi connectivity index (χ1) is 19.5. The fourth-order valence-electron chi connectivity index (χ4n) is 3.69. The number of carbonyl (C=O) groups excluding carboxylic acids is 4. The average molecular weight is 573 g/mol. The average Bonchev–Trinajstić information content (AvgIpc) is 2.94. The maximum Gasteiger partial charge on any atom is 0.491 e. The number of aromatic nitrogens is 1. The van der Waals surface area contributed by atoms with E-state index in [0.29, 0.717) is 29.9 Å². The Bertz CT molecular complexity index is 1350. The molecule has 0 aliphatic heterocycles. The van der Waals surface area contributed by atoms with Crippen molar-refractivity contribution in [2.75, 3.05) is 18.4 Å². The number of phenols is 1. The van der Waals surface area contributed by atoms with E-state index in [0.717, 1.165) is 0 Å². The molecule has 216 valence electrons. The predicted molar refractivity (Wildman–Crippen MR) is 141 cm³/mol. The van der Waals surface area contributed by atoms with Gasteiger partial charge in [0, 0.05) is 24.7 Å². The summed E-state index contributed by atoms with van der Waals surface area (Å²) in [5.74, 6) is -5.01. The molecule has 0 fully saturated rings. The lowest BCUT2D eigenvalue weighted by Crippen LogP contribution is -2.39. The minimum absolute atomic E-state index is 0.0945. The molecule has 3 aromatic rings. The lowest BCUT2D eigenvalue weighted by molar-refractivity contribution is -0.202. The number of rotatable bonds is 12. The molecule has 0 bridgehead atoms. The zero-order valence-corrected chi connectivity index (χ0v) is 21.6. The van der Waals surface area contributed by atoms with Gasteiger partial charge in [0.1, 0.15) is 11.6 Å². The third kappa shape index (κ3) is 9.95. The molecule has 0 radical (unpaired) electrons. The Morgan fingerprint density at radius 2 is 1.68 bits per heavy atom. The van der Waals surface area contributed by atoms with Crippen LogP contribution in [0.4, 0.5) is 19.0 Å². The van der Waals surface area contributed by atoms with Crippen molar-refractivity contribution < 1.29 is 42.2 Å². The summed E-state index contributed by atoms with van der Waals surface area (Å²) in [5.41, 5.74) is 1.25. The van der Waals surface area contributed by atoms with Gasteiger partial charge in [-0.1, -0.05) is 48.5 Å². The van der Waals surface area contributed by atoms with Crippen LogP contribution < -0.4 is 16.0 Å². The first-order valence-corrected chi connectivity index (χ1v) is 12.4. The molecule has 10 nitrogen and oxygen atoms in total. The van der Waals surface area contributed by atoms with Gasteiger partial charge in [0.05, 0.1) is 19.0 Å². The molecule has 1 atom stereocenters. The summed E-state index contributed by atoms with van der Waals surface area (Å²) in [4.78, 5) is 52.0. The summed E-state index contributed by atoms with van der Waals surface area (Å²) < 4.78 is 41.5. The topological polar surface area (TPSA) is 147 Å². The second-order valence-electron chi connectivity index (χ2n) is 8.75.